The van der Waals surface area contributed by atoms with Gasteiger partial charge >= 0.3 is 0 Å². The number of hydrogen-bond acceptors (Lipinski definition) is 3. The lowest BCUT2D eigenvalue weighted by Gasteiger charge is -2.07. The lowest BCUT2D eigenvalue weighted by molar-refractivity contribution is 0.460. The molecule has 1 aromatic carbocycles. The quantitative estimate of drug-likeness (QED) is 0.786. The van der Waals surface area contributed by atoms with Crippen LogP contribution in [0.5, 0.6) is 11.6 Å². The molecular formula is C11H8BrClN2O. The first-order chi connectivity index (χ1) is 7.65. The van der Waals surface area contributed by atoms with Crippen LogP contribution in [-0.4, -0.2) is 9.97 Å². The minimum absolute atomic E-state index is 0.453. The third-order valence-corrected chi connectivity index (χ3v) is 2.66. The fourth-order valence-electron chi connectivity index (χ4n) is 1.17. The second-order valence-electron chi connectivity index (χ2n) is 3.21. The van der Waals surface area contributed by atoms with Crippen LogP contribution in [0.2, 0.25) is 5.02 Å². The van der Waals surface area contributed by atoms with Crippen LogP contribution in [0, 0.1) is 6.92 Å². The topological polar surface area (TPSA) is 35.0 Å². The van der Waals surface area contributed by atoms with Crippen molar-refractivity contribution >= 4 is 27.5 Å². The zero-order valence-electron chi connectivity index (χ0n) is 8.45. The first kappa shape index (κ1) is 11.4. The van der Waals surface area contributed by atoms with E-state index >= 15 is 0 Å². The highest BCUT2D eigenvalue weighted by Gasteiger charge is 2.04. The van der Waals surface area contributed by atoms with Crippen LogP contribution in [0.1, 0.15) is 5.56 Å². The average Bonchev–Trinajstić information content (AvgIpc) is 2.24. The summed E-state index contributed by atoms with van der Waals surface area (Å²) < 4.78 is 6.23. The van der Waals surface area contributed by atoms with Crippen molar-refractivity contribution < 1.29 is 4.74 Å². The molecule has 0 atom stereocenters. The molecule has 0 fully saturated rings. The summed E-state index contributed by atoms with van der Waals surface area (Å²) in [6, 6.07) is 7.25. The molecule has 16 heavy (non-hydrogen) atoms. The summed E-state index contributed by atoms with van der Waals surface area (Å²) >= 11 is 9.25. The van der Waals surface area contributed by atoms with Gasteiger partial charge < -0.3 is 4.74 Å². The minimum atomic E-state index is 0.453. The molecule has 0 bridgehead atoms. The first-order valence-corrected chi connectivity index (χ1v) is 5.74. The van der Waals surface area contributed by atoms with Gasteiger partial charge in [0, 0.05) is 6.07 Å². The van der Waals surface area contributed by atoms with Crippen LogP contribution in [0.25, 0.3) is 0 Å². The summed E-state index contributed by atoms with van der Waals surface area (Å²) in [5, 5.41) is 0.556. The predicted octanol–water partition coefficient (Wildman–Crippen LogP) is 3.99. The first-order valence-electron chi connectivity index (χ1n) is 4.57. The Balaban J connectivity index is 2.30. The molecule has 5 heteroatoms. The van der Waals surface area contributed by atoms with Crippen molar-refractivity contribution in [2.24, 2.45) is 0 Å². The van der Waals surface area contributed by atoms with E-state index in [9.17, 15) is 0 Å². The highest BCUT2D eigenvalue weighted by molar-refractivity contribution is 9.10. The Bertz CT molecular complexity index is 519. The average molecular weight is 300 g/mol. The molecule has 2 rings (SSSR count). The molecule has 0 radical (unpaired) electrons. The van der Waals surface area contributed by atoms with Gasteiger partial charge in [-0.3, -0.25) is 0 Å². The molecule has 0 aliphatic rings. The molecule has 0 amide bonds. The maximum atomic E-state index is 6.01. The molecule has 0 N–H and O–H groups in total. The van der Waals surface area contributed by atoms with Crippen molar-refractivity contribution in [3.8, 4) is 11.6 Å². The van der Waals surface area contributed by atoms with Gasteiger partial charge in [0.15, 0.2) is 0 Å². The number of hydrogen-bond donors (Lipinski definition) is 0. The fraction of sp³-hybridized carbons (Fsp3) is 0.0909. The minimum Gasteiger partial charge on any atom is -0.437 e. The number of aryl methyl sites for hydroxylation is 1. The Morgan fingerprint density at radius 1 is 1.25 bits per heavy atom. The van der Waals surface area contributed by atoms with Crippen LogP contribution >= 0.6 is 27.5 Å². The van der Waals surface area contributed by atoms with E-state index in [2.05, 4.69) is 25.9 Å². The van der Waals surface area contributed by atoms with Crippen LogP contribution in [0.3, 0.4) is 0 Å². The summed E-state index contributed by atoms with van der Waals surface area (Å²) in [5.74, 6) is 1.04. The smallest absolute Gasteiger partial charge is 0.223 e. The Kier molecular flexibility index (Phi) is 3.41. The van der Waals surface area contributed by atoms with Crippen LogP contribution in [-0.2, 0) is 0 Å². The SMILES string of the molecule is Cc1ccc(Cl)c(Oc2cc(Br)ncn2)c1. The van der Waals surface area contributed by atoms with Gasteiger partial charge in [0.05, 0.1) is 5.02 Å². The highest BCUT2D eigenvalue weighted by atomic mass is 79.9. The second kappa shape index (κ2) is 4.80. The summed E-state index contributed by atoms with van der Waals surface area (Å²) in [5.41, 5.74) is 1.08. The monoisotopic (exact) mass is 298 g/mol. The standard InChI is InChI=1S/C11H8BrClN2O/c1-7-2-3-8(13)9(4-7)16-11-5-10(12)14-6-15-11/h2-6H,1H3. The van der Waals surface area contributed by atoms with Crippen molar-refractivity contribution in [1.29, 1.82) is 0 Å². The zero-order chi connectivity index (χ0) is 11.5. The van der Waals surface area contributed by atoms with Gasteiger partial charge in [-0.05, 0) is 40.5 Å². The molecule has 0 saturated carbocycles. The van der Waals surface area contributed by atoms with Crippen LogP contribution in [0.15, 0.2) is 35.2 Å². The van der Waals surface area contributed by atoms with Crippen LogP contribution < -0.4 is 4.74 Å². The molecule has 0 aliphatic heterocycles. The van der Waals surface area contributed by atoms with Gasteiger partial charge in [-0.15, -0.1) is 0 Å². The molecule has 1 aromatic heterocycles. The number of rotatable bonds is 2. The summed E-state index contributed by atoms with van der Waals surface area (Å²) in [7, 11) is 0. The van der Waals surface area contributed by atoms with Crippen molar-refractivity contribution in [2.45, 2.75) is 6.92 Å². The third kappa shape index (κ3) is 2.71. The molecule has 1 heterocycles. The Hall–Kier alpha value is -1.13. The van der Waals surface area contributed by atoms with Crippen molar-refractivity contribution in [2.75, 3.05) is 0 Å². The molecule has 2 aromatic rings. The molecular weight excluding hydrogens is 291 g/mol. The van der Waals surface area contributed by atoms with Gasteiger partial charge in [-0.1, -0.05) is 17.7 Å². The molecule has 0 spiro atoms. The van der Waals surface area contributed by atoms with Gasteiger partial charge in [0.2, 0.25) is 5.88 Å². The Morgan fingerprint density at radius 2 is 2.06 bits per heavy atom. The summed E-state index contributed by atoms with van der Waals surface area (Å²) in [6.07, 6.45) is 1.42. The van der Waals surface area contributed by atoms with Gasteiger partial charge in [0.25, 0.3) is 0 Å². The lowest BCUT2D eigenvalue weighted by atomic mass is 10.2. The maximum absolute atomic E-state index is 6.01. The van der Waals surface area contributed by atoms with E-state index in [0.29, 0.717) is 21.3 Å². The fourth-order valence-corrected chi connectivity index (χ4v) is 1.62. The van der Waals surface area contributed by atoms with E-state index in [-0.39, 0.29) is 0 Å². The van der Waals surface area contributed by atoms with Gasteiger partial charge in [0.1, 0.15) is 16.7 Å². The van der Waals surface area contributed by atoms with Crippen molar-refractivity contribution in [1.82, 2.24) is 9.97 Å². The van der Waals surface area contributed by atoms with Gasteiger partial charge in [-0.25, -0.2) is 9.97 Å². The van der Waals surface area contributed by atoms with E-state index in [1.54, 1.807) is 12.1 Å². The lowest BCUT2D eigenvalue weighted by Crippen LogP contribution is -1.90. The van der Waals surface area contributed by atoms with E-state index in [1.807, 2.05) is 19.1 Å². The Morgan fingerprint density at radius 3 is 2.81 bits per heavy atom. The number of nitrogens with zero attached hydrogens (tertiary/aromatic N) is 2. The zero-order valence-corrected chi connectivity index (χ0v) is 10.8. The van der Waals surface area contributed by atoms with Crippen molar-refractivity contribution in [3.05, 3.63) is 45.8 Å². The molecule has 0 saturated heterocycles. The number of ether oxygens (including phenoxy) is 1. The number of halogens is 2. The summed E-state index contributed by atoms with van der Waals surface area (Å²) in [6.45, 7) is 1.97. The molecule has 0 aliphatic carbocycles. The van der Waals surface area contributed by atoms with E-state index in [0.717, 1.165) is 5.56 Å². The summed E-state index contributed by atoms with van der Waals surface area (Å²) in [4.78, 5) is 7.90. The largest absolute Gasteiger partial charge is 0.437 e. The maximum Gasteiger partial charge on any atom is 0.223 e. The molecule has 0 unspecified atom stereocenters. The predicted molar refractivity (Wildman–Crippen MR) is 66.0 cm³/mol. The van der Waals surface area contributed by atoms with Crippen molar-refractivity contribution in [3.63, 3.8) is 0 Å². The highest BCUT2D eigenvalue weighted by Crippen LogP contribution is 2.29. The second-order valence-corrected chi connectivity index (χ2v) is 4.43. The van der Waals surface area contributed by atoms with Crippen LogP contribution in [0.4, 0.5) is 0 Å². The number of aromatic nitrogens is 2. The Labute approximate surface area is 107 Å². The third-order valence-electron chi connectivity index (χ3n) is 1.91. The van der Waals surface area contributed by atoms with E-state index < -0.39 is 0 Å². The normalized spacial score (nSPS) is 10.2. The molecule has 3 nitrogen and oxygen atoms in total. The van der Waals surface area contributed by atoms with E-state index in [4.69, 9.17) is 16.3 Å². The number of benzene rings is 1. The van der Waals surface area contributed by atoms with Gasteiger partial charge in [-0.2, -0.15) is 0 Å². The molecule has 82 valence electrons. The van der Waals surface area contributed by atoms with E-state index in [1.165, 1.54) is 6.33 Å².